The van der Waals surface area contributed by atoms with Crippen molar-refractivity contribution in [2.45, 2.75) is 92.1 Å². The predicted octanol–water partition coefficient (Wildman–Crippen LogP) is 12.9. The van der Waals surface area contributed by atoms with Gasteiger partial charge in [-0.25, -0.2) is 0 Å². The van der Waals surface area contributed by atoms with Gasteiger partial charge in [-0.3, -0.25) is 0 Å². The van der Waals surface area contributed by atoms with Gasteiger partial charge in [-0.2, -0.15) is 0 Å². The highest BCUT2D eigenvalue weighted by Crippen LogP contribution is 2.52. The molecule has 0 N–H and O–H groups in total. The molecule has 272 valence electrons. The molecule has 0 aliphatic heterocycles. The van der Waals surface area contributed by atoms with Crippen LogP contribution in [-0.2, 0) is 20.1 Å². The second-order valence-electron chi connectivity index (χ2n) is 17.2. The lowest BCUT2D eigenvalue weighted by atomic mass is 9.76. The van der Waals surface area contributed by atoms with Crippen LogP contribution in [-0.4, -0.2) is 19.3 Å². The maximum Gasteiger partial charge on any atom is 0.494 e. The summed E-state index contributed by atoms with van der Waals surface area (Å²) in [5, 5.41) is 0. The molecule has 0 aromatic heterocycles. The van der Waals surface area contributed by atoms with E-state index >= 15 is 0 Å². The fourth-order valence-corrected chi connectivity index (χ4v) is 9.10. The van der Waals surface area contributed by atoms with E-state index in [9.17, 15) is 0 Å². The lowest BCUT2D eigenvalue weighted by Crippen LogP contribution is -2.43. The summed E-state index contributed by atoms with van der Waals surface area (Å²) in [6.45, 7) is 23.0. The number of hydrogen-bond acceptors (Lipinski definition) is 2. The van der Waals surface area contributed by atoms with E-state index in [1.54, 1.807) is 0 Å². The largest absolute Gasteiger partial charge is 0.494 e. The molecule has 54 heavy (non-hydrogen) atoms. The molecular formula is C51H53BO2. The average Bonchev–Trinajstić information content (AvgIpc) is 3.53. The topological polar surface area (TPSA) is 18.5 Å². The molecule has 0 bridgehead atoms. The Morgan fingerprint density at radius 2 is 0.963 bits per heavy atom. The molecule has 0 unspecified atom stereocenters. The Bertz CT molecular complexity index is 2390. The quantitative estimate of drug-likeness (QED) is 0.139. The lowest BCUT2D eigenvalue weighted by Gasteiger charge is -2.28. The van der Waals surface area contributed by atoms with Crippen LogP contribution in [0.25, 0.3) is 55.6 Å². The highest BCUT2D eigenvalue weighted by molar-refractivity contribution is 6.61. The van der Waals surface area contributed by atoms with Crippen molar-refractivity contribution in [2.24, 2.45) is 0 Å². The number of rotatable bonds is 9. The molecule has 0 heterocycles. The normalized spacial score (nSPS) is 14.7. The smallest absolute Gasteiger partial charge is 0.408 e. The third-order valence-electron chi connectivity index (χ3n) is 12.5. The summed E-state index contributed by atoms with van der Waals surface area (Å²) in [5.74, 6) is 0. The van der Waals surface area contributed by atoms with E-state index in [0.717, 1.165) is 11.9 Å². The van der Waals surface area contributed by atoms with Crippen molar-refractivity contribution in [2.75, 3.05) is 6.61 Å². The van der Waals surface area contributed by atoms with Gasteiger partial charge in [-0.1, -0.05) is 132 Å². The molecule has 0 atom stereocenters. The van der Waals surface area contributed by atoms with Crippen molar-refractivity contribution in [3.05, 3.63) is 149 Å². The molecule has 3 heteroatoms. The Hall–Kier alpha value is -4.70. The Kier molecular flexibility index (Phi) is 8.91. The molecule has 2 aliphatic carbocycles. The van der Waals surface area contributed by atoms with E-state index < -0.39 is 0 Å². The molecule has 2 aliphatic rings. The van der Waals surface area contributed by atoms with Crippen LogP contribution in [0.4, 0.5) is 0 Å². The van der Waals surface area contributed by atoms with E-state index in [2.05, 4.69) is 178 Å². The summed E-state index contributed by atoms with van der Waals surface area (Å²) >= 11 is 0. The van der Waals surface area contributed by atoms with Gasteiger partial charge >= 0.3 is 7.12 Å². The van der Waals surface area contributed by atoms with Gasteiger partial charge in [0.05, 0.1) is 0 Å². The molecule has 8 rings (SSSR count). The highest BCUT2D eigenvalue weighted by Gasteiger charge is 2.38. The molecule has 0 radical (unpaired) electrons. The monoisotopic (exact) mass is 708 g/mol. The standard InChI is InChI=1S/C51H53BO2/c1-11-49(5,6)54-52(53-12-2)39-22-17-34(18-23-39)48-32(3)27-38(28-33(48)4)37-21-26-43-42-25-20-36(30-46(42)51(9,10)47(43)31-37)35-19-24-41-40-15-13-14-16-44(40)50(7,8)45(41)29-35/h13-31H,11-12H2,1-10H3. The Labute approximate surface area is 323 Å². The molecule has 2 nitrogen and oxygen atoms in total. The SMILES string of the molecule is CCOB(OC(C)(C)CC)c1ccc(-c2c(C)cc(-c3ccc4c(c3)C(C)(C)c3cc(-c5ccc6c(c5)C(C)(C)c5ccccc5-6)ccc3-4)cc2C)cc1. The molecule has 0 saturated heterocycles. The first-order chi connectivity index (χ1) is 25.7. The zero-order chi connectivity index (χ0) is 38.2. The van der Waals surface area contributed by atoms with Crippen molar-refractivity contribution in [3.63, 3.8) is 0 Å². The number of hydrogen-bond donors (Lipinski definition) is 0. The summed E-state index contributed by atoms with van der Waals surface area (Å²) in [6, 6.07) is 43.7. The van der Waals surface area contributed by atoms with Gasteiger partial charge in [0.25, 0.3) is 0 Å². The van der Waals surface area contributed by atoms with Gasteiger partial charge in [0.1, 0.15) is 0 Å². The first-order valence-electron chi connectivity index (χ1n) is 19.8. The third kappa shape index (κ3) is 5.97. The minimum absolute atomic E-state index is 0.0155. The van der Waals surface area contributed by atoms with Crippen LogP contribution in [0.1, 0.15) is 95.2 Å². The van der Waals surface area contributed by atoms with Crippen LogP contribution in [0, 0.1) is 13.8 Å². The zero-order valence-corrected chi connectivity index (χ0v) is 33.8. The van der Waals surface area contributed by atoms with Gasteiger partial charge < -0.3 is 9.31 Å². The second-order valence-corrected chi connectivity index (χ2v) is 17.2. The van der Waals surface area contributed by atoms with Gasteiger partial charge in [-0.15, -0.1) is 0 Å². The first-order valence-corrected chi connectivity index (χ1v) is 19.8. The van der Waals surface area contributed by atoms with Crippen molar-refractivity contribution >= 4 is 12.6 Å². The number of fused-ring (bicyclic) bond motifs is 6. The Morgan fingerprint density at radius 3 is 1.46 bits per heavy atom. The molecule has 0 spiro atoms. The second kappa shape index (κ2) is 13.3. The fraction of sp³-hybridized carbons (Fsp3) is 0.294. The maximum absolute atomic E-state index is 6.37. The van der Waals surface area contributed by atoms with E-state index in [4.69, 9.17) is 9.31 Å². The lowest BCUT2D eigenvalue weighted by molar-refractivity contribution is 0.0706. The third-order valence-corrected chi connectivity index (χ3v) is 12.5. The van der Waals surface area contributed by atoms with E-state index in [1.807, 2.05) is 6.92 Å². The van der Waals surface area contributed by atoms with Gasteiger partial charge in [0.15, 0.2) is 0 Å². The summed E-state index contributed by atoms with van der Waals surface area (Å²) in [4.78, 5) is 0. The molecule has 0 amide bonds. The van der Waals surface area contributed by atoms with Crippen LogP contribution >= 0.6 is 0 Å². The van der Waals surface area contributed by atoms with Gasteiger partial charge in [-0.05, 0) is 154 Å². The first kappa shape index (κ1) is 36.3. The summed E-state index contributed by atoms with van der Waals surface area (Å²) in [5.41, 5.74) is 21.8. The zero-order valence-electron chi connectivity index (χ0n) is 33.8. The van der Waals surface area contributed by atoms with Crippen LogP contribution in [0.2, 0.25) is 0 Å². The van der Waals surface area contributed by atoms with Gasteiger partial charge in [0.2, 0.25) is 0 Å². The highest BCUT2D eigenvalue weighted by atomic mass is 16.6. The van der Waals surface area contributed by atoms with E-state index in [1.165, 1.54) is 89.0 Å². The number of benzene rings is 6. The molecule has 6 aromatic rings. The fourth-order valence-electron chi connectivity index (χ4n) is 9.10. The summed E-state index contributed by atoms with van der Waals surface area (Å²) in [7, 11) is -0.379. The minimum atomic E-state index is -0.379. The Morgan fingerprint density at radius 1 is 0.519 bits per heavy atom. The van der Waals surface area contributed by atoms with E-state index in [0.29, 0.717) is 6.61 Å². The molecule has 6 aromatic carbocycles. The van der Waals surface area contributed by atoms with Crippen LogP contribution in [0.5, 0.6) is 0 Å². The van der Waals surface area contributed by atoms with Crippen LogP contribution in [0.3, 0.4) is 0 Å². The summed E-state index contributed by atoms with van der Waals surface area (Å²) in [6.07, 6.45) is 0.916. The van der Waals surface area contributed by atoms with Crippen molar-refractivity contribution in [1.82, 2.24) is 0 Å². The van der Waals surface area contributed by atoms with Crippen molar-refractivity contribution in [3.8, 4) is 55.6 Å². The van der Waals surface area contributed by atoms with Crippen LogP contribution < -0.4 is 5.46 Å². The van der Waals surface area contributed by atoms with Crippen molar-refractivity contribution in [1.29, 1.82) is 0 Å². The molecule has 0 fully saturated rings. The molecular weight excluding hydrogens is 655 g/mol. The predicted molar refractivity (Wildman–Crippen MR) is 230 cm³/mol. The van der Waals surface area contributed by atoms with Crippen LogP contribution in [0.15, 0.2) is 115 Å². The maximum atomic E-state index is 6.37. The number of aryl methyl sites for hydroxylation is 2. The molecule has 0 saturated carbocycles. The minimum Gasteiger partial charge on any atom is -0.408 e. The Balaban J connectivity index is 1.08. The summed E-state index contributed by atoms with van der Waals surface area (Å²) < 4.78 is 12.4. The van der Waals surface area contributed by atoms with Gasteiger partial charge in [0, 0.05) is 23.0 Å². The van der Waals surface area contributed by atoms with Crippen molar-refractivity contribution < 1.29 is 9.31 Å². The van der Waals surface area contributed by atoms with E-state index in [-0.39, 0.29) is 23.5 Å². The average molecular weight is 709 g/mol.